The Hall–Kier alpha value is -3.48. The molecule has 130 valence electrons. The number of benzene rings is 1. The van der Waals surface area contributed by atoms with Gasteiger partial charge in [0.05, 0.1) is 5.71 Å². The Kier molecular flexibility index (Phi) is 4.42. The van der Waals surface area contributed by atoms with Crippen molar-refractivity contribution in [2.45, 2.75) is 19.1 Å². The monoisotopic (exact) mass is 347 g/mol. The summed E-state index contributed by atoms with van der Waals surface area (Å²) < 4.78 is 1.82. The average Bonchev–Trinajstić information content (AvgIpc) is 3.39. The van der Waals surface area contributed by atoms with Crippen molar-refractivity contribution in [1.29, 1.82) is 0 Å². The first kappa shape index (κ1) is 16.0. The van der Waals surface area contributed by atoms with Crippen LogP contribution in [0.3, 0.4) is 0 Å². The van der Waals surface area contributed by atoms with Crippen molar-refractivity contribution in [2.24, 2.45) is 5.16 Å². The first-order valence-electron chi connectivity index (χ1n) is 8.29. The lowest BCUT2D eigenvalue weighted by Crippen LogP contribution is -2.34. The fourth-order valence-electron chi connectivity index (χ4n) is 2.69. The maximum absolute atomic E-state index is 12.3. The summed E-state index contributed by atoms with van der Waals surface area (Å²) in [5.41, 5.74) is 2.67. The molecule has 0 spiro atoms. The number of hydrogen-bond acceptors (Lipinski definition) is 5. The van der Waals surface area contributed by atoms with Crippen LogP contribution in [0.5, 0.6) is 0 Å². The van der Waals surface area contributed by atoms with Gasteiger partial charge < -0.3 is 10.2 Å². The Morgan fingerprint density at radius 2 is 2.12 bits per heavy atom. The summed E-state index contributed by atoms with van der Waals surface area (Å²) in [6.07, 6.45) is 6.81. The molecule has 1 atom stereocenters. The third-order valence-electron chi connectivity index (χ3n) is 4.11. The lowest BCUT2D eigenvalue weighted by molar-refractivity contribution is -0.131. The highest BCUT2D eigenvalue weighted by atomic mass is 16.6. The summed E-state index contributed by atoms with van der Waals surface area (Å²) >= 11 is 0. The van der Waals surface area contributed by atoms with Gasteiger partial charge in [-0.15, -0.1) is 0 Å². The van der Waals surface area contributed by atoms with Crippen LogP contribution in [0.1, 0.15) is 17.5 Å². The smallest absolute Gasteiger partial charge is 0.264 e. The third-order valence-corrected chi connectivity index (χ3v) is 4.11. The van der Waals surface area contributed by atoms with E-state index in [2.05, 4.69) is 20.4 Å². The maximum atomic E-state index is 12.3. The highest BCUT2D eigenvalue weighted by Gasteiger charge is 2.28. The molecule has 1 aliphatic heterocycles. The number of oxime groups is 1. The van der Waals surface area contributed by atoms with Gasteiger partial charge in [-0.25, -0.2) is 9.97 Å². The Bertz CT molecular complexity index is 905. The van der Waals surface area contributed by atoms with Crippen molar-refractivity contribution in [2.75, 3.05) is 0 Å². The summed E-state index contributed by atoms with van der Waals surface area (Å²) in [7, 11) is 0. The van der Waals surface area contributed by atoms with Gasteiger partial charge in [0.15, 0.2) is 0 Å². The molecular formula is C19H17N5O2. The molecule has 1 amide bonds. The van der Waals surface area contributed by atoms with E-state index in [0.29, 0.717) is 13.0 Å². The Balaban J connectivity index is 1.31. The third kappa shape index (κ3) is 3.46. The van der Waals surface area contributed by atoms with E-state index < -0.39 is 6.10 Å². The molecule has 2 aromatic heterocycles. The van der Waals surface area contributed by atoms with Crippen LogP contribution < -0.4 is 5.32 Å². The minimum atomic E-state index is -0.594. The van der Waals surface area contributed by atoms with Crippen LogP contribution in [0.15, 0.2) is 72.5 Å². The number of nitrogens with one attached hydrogen (secondary N) is 1. The molecule has 26 heavy (non-hydrogen) atoms. The van der Waals surface area contributed by atoms with Gasteiger partial charge in [-0.2, -0.15) is 0 Å². The van der Waals surface area contributed by atoms with E-state index in [1.165, 1.54) is 0 Å². The molecule has 3 aromatic rings. The van der Waals surface area contributed by atoms with Crippen LogP contribution in [0.4, 0.5) is 0 Å². The van der Waals surface area contributed by atoms with E-state index in [4.69, 9.17) is 4.84 Å². The second-order valence-electron chi connectivity index (χ2n) is 5.91. The number of aromatic nitrogens is 3. The number of rotatable bonds is 5. The largest absolute Gasteiger partial charge is 0.382 e. The van der Waals surface area contributed by atoms with Gasteiger partial charge in [-0.05, 0) is 17.2 Å². The topological polar surface area (TPSA) is 81.4 Å². The lowest BCUT2D eigenvalue weighted by atomic mass is 10.0. The van der Waals surface area contributed by atoms with Crippen molar-refractivity contribution in [1.82, 2.24) is 19.9 Å². The molecule has 0 fully saturated rings. The Morgan fingerprint density at radius 1 is 1.23 bits per heavy atom. The van der Waals surface area contributed by atoms with Crippen molar-refractivity contribution in [3.63, 3.8) is 0 Å². The molecule has 4 rings (SSSR count). The van der Waals surface area contributed by atoms with Crippen molar-refractivity contribution < 1.29 is 9.63 Å². The number of hydrogen-bond donors (Lipinski definition) is 1. The molecule has 7 heteroatoms. The highest BCUT2D eigenvalue weighted by Crippen LogP contribution is 2.16. The standard InChI is InChI=1S/C19H17N5O2/c25-19(17-10-16(23-26-17)15-4-2-1-3-5-15)22-12-14-6-7-18(21-11-14)24-9-8-20-13-24/h1-9,11,13,17H,10,12H2,(H,22,25). The average molecular weight is 347 g/mol. The molecule has 1 aromatic carbocycles. The molecule has 0 saturated carbocycles. The highest BCUT2D eigenvalue weighted by molar-refractivity contribution is 6.04. The summed E-state index contributed by atoms with van der Waals surface area (Å²) in [6, 6.07) is 13.5. The normalized spacial score (nSPS) is 16.0. The molecule has 0 radical (unpaired) electrons. The van der Waals surface area contributed by atoms with Crippen LogP contribution in [0, 0.1) is 0 Å². The molecular weight excluding hydrogens is 330 g/mol. The van der Waals surface area contributed by atoms with Gasteiger partial charge in [-0.3, -0.25) is 9.36 Å². The van der Waals surface area contributed by atoms with E-state index in [1.807, 2.05) is 53.2 Å². The zero-order valence-corrected chi connectivity index (χ0v) is 13.9. The van der Waals surface area contributed by atoms with Crippen molar-refractivity contribution >= 4 is 11.6 Å². The van der Waals surface area contributed by atoms with E-state index in [1.54, 1.807) is 18.7 Å². The molecule has 0 saturated heterocycles. The predicted octanol–water partition coefficient (Wildman–Crippen LogP) is 2.08. The van der Waals surface area contributed by atoms with E-state index in [0.717, 1.165) is 22.7 Å². The number of carbonyl (C=O) groups is 1. The summed E-state index contributed by atoms with van der Waals surface area (Å²) in [5.74, 6) is 0.593. The number of amides is 1. The van der Waals surface area contributed by atoms with Gasteiger partial charge >= 0.3 is 0 Å². The zero-order valence-electron chi connectivity index (χ0n) is 13.9. The van der Waals surface area contributed by atoms with Crippen LogP contribution in [-0.4, -0.2) is 32.3 Å². The Morgan fingerprint density at radius 3 is 2.85 bits per heavy atom. The van der Waals surface area contributed by atoms with E-state index >= 15 is 0 Å². The first-order chi connectivity index (χ1) is 12.8. The van der Waals surface area contributed by atoms with Crippen molar-refractivity contribution in [3.05, 3.63) is 78.5 Å². The molecule has 1 unspecified atom stereocenters. The lowest BCUT2D eigenvalue weighted by Gasteiger charge is -2.10. The minimum Gasteiger partial charge on any atom is -0.382 e. The Labute approximate surface area is 150 Å². The quantitative estimate of drug-likeness (QED) is 0.766. The summed E-state index contributed by atoms with van der Waals surface area (Å²) in [6.45, 7) is 0.385. The van der Waals surface area contributed by atoms with Gasteiger partial charge in [0.2, 0.25) is 6.10 Å². The van der Waals surface area contributed by atoms with Crippen LogP contribution in [0.25, 0.3) is 5.82 Å². The van der Waals surface area contributed by atoms with Gasteiger partial charge in [0.1, 0.15) is 12.1 Å². The number of carbonyl (C=O) groups excluding carboxylic acids is 1. The zero-order chi connectivity index (χ0) is 17.8. The predicted molar refractivity (Wildman–Crippen MR) is 95.7 cm³/mol. The molecule has 0 aliphatic carbocycles. The number of nitrogens with zero attached hydrogens (tertiary/aromatic N) is 4. The second kappa shape index (κ2) is 7.18. The second-order valence-corrected chi connectivity index (χ2v) is 5.91. The molecule has 3 heterocycles. The van der Waals surface area contributed by atoms with Crippen molar-refractivity contribution in [3.8, 4) is 5.82 Å². The minimum absolute atomic E-state index is 0.182. The molecule has 1 N–H and O–H groups in total. The van der Waals surface area contributed by atoms with Gasteiger partial charge in [0, 0.05) is 31.6 Å². The number of imidazole rings is 1. The van der Waals surface area contributed by atoms with Crippen LogP contribution in [0.2, 0.25) is 0 Å². The molecule has 7 nitrogen and oxygen atoms in total. The molecule has 0 bridgehead atoms. The maximum Gasteiger partial charge on any atom is 0.264 e. The van der Waals surface area contributed by atoms with Crippen LogP contribution >= 0.6 is 0 Å². The van der Waals surface area contributed by atoms with Gasteiger partial charge in [-0.1, -0.05) is 41.6 Å². The number of pyridine rings is 1. The fraction of sp³-hybridized carbons (Fsp3) is 0.158. The summed E-state index contributed by atoms with van der Waals surface area (Å²) in [5, 5.41) is 6.91. The van der Waals surface area contributed by atoms with Gasteiger partial charge in [0.25, 0.3) is 5.91 Å². The summed E-state index contributed by atoms with van der Waals surface area (Å²) in [4.78, 5) is 26.0. The SMILES string of the molecule is O=C(NCc1ccc(-n2ccnc2)nc1)C1CC(c2ccccc2)=NO1. The van der Waals surface area contributed by atoms with E-state index in [9.17, 15) is 4.79 Å². The van der Waals surface area contributed by atoms with Crippen LogP contribution in [-0.2, 0) is 16.2 Å². The first-order valence-corrected chi connectivity index (χ1v) is 8.29. The fourth-order valence-corrected chi connectivity index (χ4v) is 2.69. The molecule has 1 aliphatic rings. The van der Waals surface area contributed by atoms with E-state index in [-0.39, 0.29) is 5.91 Å².